The van der Waals surface area contributed by atoms with Gasteiger partial charge in [0.15, 0.2) is 11.5 Å². The molecule has 0 aromatic heterocycles. The van der Waals surface area contributed by atoms with Crippen molar-refractivity contribution in [3.8, 4) is 11.5 Å². The maximum Gasteiger partial charge on any atom is 0.166 e. The SMILES string of the molecule is Fc1cc(Cl)ccc1NCc1cccc2c1OCCCO2. The van der Waals surface area contributed by atoms with E-state index in [1.54, 1.807) is 12.1 Å². The van der Waals surface area contributed by atoms with Crippen LogP contribution in [0.4, 0.5) is 10.1 Å². The Morgan fingerprint density at radius 3 is 2.86 bits per heavy atom. The maximum atomic E-state index is 13.8. The van der Waals surface area contributed by atoms with E-state index in [1.807, 2.05) is 18.2 Å². The van der Waals surface area contributed by atoms with E-state index in [-0.39, 0.29) is 5.82 Å². The number of nitrogens with one attached hydrogen (secondary N) is 1. The van der Waals surface area contributed by atoms with Gasteiger partial charge in [0.25, 0.3) is 0 Å². The summed E-state index contributed by atoms with van der Waals surface area (Å²) < 4.78 is 25.1. The molecule has 2 aromatic rings. The summed E-state index contributed by atoms with van der Waals surface area (Å²) in [5, 5.41) is 3.44. The Morgan fingerprint density at radius 1 is 1.14 bits per heavy atom. The lowest BCUT2D eigenvalue weighted by Crippen LogP contribution is -2.04. The molecule has 3 rings (SSSR count). The number of rotatable bonds is 3. The lowest BCUT2D eigenvalue weighted by molar-refractivity contribution is 0.296. The number of ether oxygens (including phenoxy) is 2. The maximum absolute atomic E-state index is 13.8. The monoisotopic (exact) mass is 307 g/mol. The van der Waals surface area contributed by atoms with Gasteiger partial charge in [-0.15, -0.1) is 0 Å². The van der Waals surface area contributed by atoms with Gasteiger partial charge in [-0.05, 0) is 24.3 Å². The van der Waals surface area contributed by atoms with Gasteiger partial charge < -0.3 is 14.8 Å². The molecule has 0 saturated heterocycles. The number of para-hydroxylation sites is 1. The molecular formula is C16H15ClFNO2. The van der Waals surface area contributed by atoms with Gasteiger partial charge in [0.2, 0.25) is 0 Å². The normalized spacial score (nSPS) is 13.6. The Hall–Kier alpha value is -1.94. The number of hydrogen-bond acceptors (Lipinski definition) is 3. The third kappa shape index (κ3) is 3.22. The van der Waals surface area contributed by atoms with Gasteiger partial charge in [-0.25, -0.2) is 4.39 Å². The van der Waals surface area contributed by atoms with Crippen LogP contribution in [-0.4, -0.2) is 13.2 Å². The van der Waals surface area contributed by atoms with Crippen LogP contribution in [0.3, 0.4) is 0 Å². The summed E-state index contributed by atoms with van der Waals surface area (Å²) in [5.74, 6) is 1.10. The smallest absolute Gasteiger partial charge is 0.166 e. The summed E-state index contributed by atoms with van der Waals surface area (Å²) in [6.45, 7) is 1.72. The zero-order chi connectivity index (χ0) is 14.7. The minimum absolute atomic E-state index is 0.373. The second kappa shape index (κ2) is 6.22. The van der Waals surface area contributed by atoms with E-state index >= 15 is 0 Å². The fourth-order valence-electron chi connectivity index (χ4n) is 2.22. The Bertz CT molecular complexity index is 648. The molecular weight excluding hydrogens is 293 g/mol. The van der Waals surface area contributed by atoms with Crippen molar-refractivity contribution in [2.24, 2.45) is 0 Å². The van der Waals surface area contributed by atoms with E-state index in [1.165, 1.54) is 6.07 Å². The average molecular weight is 308 g/mol. The van der Waals surface area contributed by atoms with Crippen molar-refractivity contribution in [2.45, 2.75) is 13.0 Å². The van der Waals surface area contributed by atoms with Crippen molar-refractivity contribution < 1.29 is 13.9 Å². The molecule has 0 unspecified atom stereocenters. The Balaban J connectivity index is 1.79. The summed E-state index contributed by atoms with van der Waals surface area (Å²) in [7, 11) is 0. The lowest BCUT2D eigenvalue weighted by atomic mass is 10.1. The van der Waals surface area contributed by atoms with Crippen LogP contribution in [0.25, 0.3) is 0 Å². The van der Waals surface area contributed by atoms with Gasteiger partial charge in [0.05, 0.1) is 18.9 Å². The molecule has 1 aliphatic rings. The van der Waals surface area contributed by atoms with Gasteiger partial charge in [-0.2, -0.15) is 0 Å². The van der Waals surface area contributed by atoms with Crippen molar-refractivity contribution in [3.05, 3.63) is 52.8 Å². The summed E-state index contributed by atoms with van der Waals surface area (Å²) >= 11 is 5.74. The summed E-state index contributed by atoms with van der Waals surface area (Å²) in [5.41, 5.74) is 1.34. The highest BCUT2D eigenvalue weighted by molar-refractivity contribution is 6.30. The number of halogens is 2. The molecule has 0 aliphatic carbocycles. The van der Waals surface area contributed by atoms with Gasteiger partial charge >= 0.3 is 0 Å². The van der Waals surface area contributed by atoms with E-state index in [9.17, 15) is 4.39 Å². The number of fused-ring (bicyclic) bond motifs is 1. The van der Waals surface area contributed by atoms with E-state index < -0.39 is 0 Å². The Morgan fingerprint density at radius 2 is 2.00 bits per heavy atom. The zero-order valence-electron chi connectivity index (χ0n) is 11.4. The van der Waals surface area contributed by atoms with Gasteiger partial charge in [-0.1, -0.05) is 23.7 Å². The van der Waals surface area contributed by atoms with E-state index in [2.05, 4.69) is 5.32 Å². The highest BCUT2D eigenvalue weighted by Gasteiger charge is 2.14. The number of hydrogen-bond donors (Lipinski definition) is 1. The molecule has 1 aliphatic heterocycles. The fraction of sp³-hybridized carbons (Fsp3) is 0.250. The van der Waals surface area contributed by atoms with E-state index in [4.69, 9.17) is 21.1 Å². The van der Waals surface area contributed by atoms with Crippen LogP contribution in [0.1, 0.15) is 12.0 Å². The molecule has 110 valence electrons. The highest BCUT2D eigenvalue weighted by atomic mass is 35.5. The largest absolute Gasteiger partial charge is 0.490 e. The minimum Gasteiger partial charge on any atom is -0.490 e. The summed E-state index contributed by atoms with van der Waals surface area (Å²) in [6, 6.07) is 10.3. The van der Waals surface area contributed by atoms with Gasteiger partial charge in [-0.3, -0.25) is 0 Å². The number of anilines is 1. The van der Waals surface area contributed by atoms with Crippen LogP contribution in [0, 0.1) is 5.82 Å². The first-order valence-corrected chi connectivity index (χ1v) is 7.18. The molecule has 0 bridgehead atoms. The van der Waals surface area contributed by atoms with Crippen LogP contribution >= 0.6 is 11.6 Å². The van der Waals surface area contributed by atoms with Crippen molar-refractivity contribution in [1.82, 2.24) is 0 Å². The van der Waals surface area contributed by atoms with Gasteiger partial charge in [0, 0.05) is 23.6 Å². The van der Waals surface area contributed by atoms with Gasteiger partial charge in [0.1, 0.15) is 5.82 Å². The van der Waals surface area contributed by atoms with Crippen molar-refractivity contribution in [3.63, 3.8) is 0 Å². The summed E-state index contributed by atoms with van der Waals surface area (Å²) in [6.07, 6.45) is 0.855. The van der Waals surface area contributed by atoms with Crippen LogP contribution in [-0.2, 0) is 6.54 Å². The van der Waals surface area contributed by atoms with Crippen molar-refractivity contribution in [1.29, 1.82) is 0 Å². The van der Waals surface area contributed by atoms with Crippen molar-refractivity contribution in [2.75, 3.05) is 18.5 Å². The second-order valence-corrected chi connectivity index (χ2v) is 5.21. The van der Waals surface area contributed by atoms with Crippen LogP contribution in [0.15, 0.2) is 36.4 Å². The molecule has 2 aromatic carbocycles. The molecule has 0 saturated carbocycles. The molecule has 0 fully saturated rings. The average Bonchev–Trinajstić information content (AvgIpc) is 2.72. The predicted molar refractivity (Wildman–Crippen MR) is 80.8 cm³/mol. The molecule has 5 heteroatoms. The summed E-state index contributed by atoms with van der Waals surface area (Å²) in [4.78, 5) is 0. The number of benzene rings is 2. The fourth-order valence-corrected chi connectivity index (χ4v) is 2.38. The Labute approximate surface area is 127 Å². The molecule has 0 radical (unpaired) electrons. The first kappa shape index (κ1) is 14.0. The molecule has 1 heterocycles. The molecule has 3 nitrogen and oxygen atoms in total. The quantitative estimate of drug-likeness (QED) is 0.919. The Kier molecular flexibility index (Phi) is 4.15. The lowest BCUT2D eigenvalue weighted by Gasteiger charge is -2.14. The highest BCUT2D eigenvalue weighted by Crippen LogP contribution is 2.33. The second-order valence-electron chi connectivity index (χ2n) is 4.77. The molecule has 21 heavy (non-hydrogen) atoms. The van der Waals surface area contributed by atoms with E-state index in [0.717, 1.165) is 23.5 Å². The zero-order valence-corrected chi connectivity index (χ0v) is 12.1. The standard InChI is InChI=1S/C16H15ClFNO2/c17-12-5-6-14(13(18)9-12)19-10-11-3-1-4-15-16(11)21-8-2-7-20-15/h1,3-6,9,19H,2,7-8,10H2. The first-order valence-electron chi connectivity index (χ1n) is 6.80. The van der Waals surface area contributed by atoms with Crippen LogP contribution < -0.4 is 14.8 Å². The third-order valence-corrected chi connectivity index (χ3v) is 3.49. The molecule has 0 atom stereocenters. The molecule has 1 N–H and O–H groups in total. The van der Waals surface area contributed by atoms with Crippen LogP contribution in [0.5, 0.6) is 11.5 Å². The molecule has 0 spiro atoms. The first-order chi connectivity index (χ1) is 10.2. The topological polar surface area (TPSA) is 30.5 Å². The molecule has 0 amide bonds. The van der Waals surface area contributed by atoms with Crippen molar-refractivity contribution >= 4 is 17.3 Å². The third-order valence-electron chi connectivity index (χ3n) is 3.25. The van der Waals surface area contributed by atoms with Crippen LogP contribution in [0.2, 0.25) is 5.02 Å². The minimum atomic E-state index is -0.373. The van der Waals surface area contributed by atoms with E-state index in [0.29, 0.717) is 30.5 Å². The predicted octanol–water partition coefficient (Wildman–Crippen LogP) is 4.25.